The van der Waals surface area contributed by atoms with Crippen LogP contribution in [0.2, 0.25) is 0 Å². The average molecular weight is 210 g/mol. The Morgan fingerprint density at radius 1 is 1.67 bits per heavy atom. The lowest BCUT2D eigenvalue weighted by Gasteiger charge is -2.15. The van der Waals surface area contributed by atoms with Crippen LogP contribution in [0.25, 0.3) is 0 Å². The summed E-state index contributed by atoms with van der Waals surface area (Å²) in [6, 6.07) is 1.63. The largest absolute Gasteiger partial charge is 0.478 e. The number of aromatic carboxylic acids is 1. The van der Waals surface area contributed by atoms with E-state index in [1.54, 1.807) is 6.07 Å². The fourth-order valence-corrected chi connectivity index (χ4v) is 1.22. The van der Waals surface area contributed by atoms with E-state index in [2.05, 4.69) is 10.3 Å². The highest BCUT2D eigenvalue weighted by Crippen LogP contribution is 2.15. The van der Waals surface area contributed by atoms with E-state index in [1.807, 2.05) is 6.92 Å². The molecule has 0 aliphatic heterocycles. The van der Waals surface area contributed by atoms with E-state index < -0.39 is 5.97 Å². The zero-order valence-electron chi connectivity index (χ0n) is 8.47. The van der Waals surface area contributed by atoms with Gasteiger partial charge in [0, 0.05) is 25.0 Å². The van der Waals surface area contributed by atoms with Crippen molar-refractivity contribution in [3.8, 4) is 0 Å². The second-order valence-electron chi connectivity index (χ2n) is 3.28. The third-order valence-corrected chi connectivity index (χ3v) is 2.02. The number of aliphatic hydroxyl groups is 1. The van der Waals surface area contributed by atoms with E-state index in [4.69, 9.17) is 10.2 Å². The van der Waals surface area contributed by atoms with Crippen LogP contribution in [0.5, 0.6) is 0 Å². The number of aliphatic hydroxyl groups excluding tert-OH is 1. The molecule has 15 heavy (non-hydrogen) atoms. The van der Waals surface area contributed by atoms with Crippen molar-refractivity contribution in [3.05, 3.63) is 24.0 Å². The van der Waals surface area contributed by atoms with Gasteiger partial charge < -0.3 is 15.5 Å². The summed E-state index contributed by atoms with van der Waals surface area (Å²) < 4.78 is 0. The molecule has 0 spiro atoms. The Bertz CT molecular complexity index is 341. The molecule has 0 saturated carbocycles. The highest BCUT2D eigenvalue weighted by Gasteiger charge is 2.11. The molecule has 0 radical (unpaired) electrons. The van der Waals surface area contributed by atoms with Crippen molar-refractivity contribution in [1.29, 1.82) is 0 Å². The number of nitrogens with one attached hydrogen (secondary N) is 1. The van der Waals surface area contributed by atoms with Gasteiger partial charge in [0.1, 0.15) is 5.56 Å². The van der Waals surface area contributed by atoms with Crippen molar-refractivity contribution in [2.45, 2.75) is 19.4 Å². The summed E-state index contributed by atoms with van der Waals surface area (Å²) >= 11 is 0. The van der Waals surface area contributed by atoms with Gasteiger partial charge in [0.2, 0.25) is 0 Å². The summed E-state index contributed by atoms with van der Waals surface area (Å²) in [6.07, 6.45) is 3.40. The van der Waals surface area contributed by atoms with Crippen molar-refractivity contribution in [3.63, 3.8) is 0 Å². The highest BCUT2D eigenvalue weighted by molar-refractivity contribution is 5.93. The third-order valence-electron chi connectivity index (χ3n) is 2.02. The van der Waals surface area contributed by atoms with Gasteiger partial charge in [0.05, 0.1) is 5.69 Å². The van der Waals surface area contributed by atoms with Crippen LogP contribution < -0.4 is 5.32 Å². The lowest BCUT2D eigenvalue weighted by atomic mass is 10.2. The number of carboxylic acids is 1. The number of anilines is 1. The minimum Gasteiger partial charge on any atom is -0.478 e. The van der Waals surface area contributed by atoms with Crippen molar-refractivity contribution in [2.24, 2.45) is 0 Å². The van der Waals surface area contributed by atoms with Gasteiger partial charge in [-0.05, 0) is 19.4 Å². The van der Waals surface area contributed by atoms with Crippen LogP contribution in [0.4, 0.5) is 5.69 Å². The van der Waals surface area contributed by atoms with Crippen molar-refractivity contribution >= 4 is 11.7 Å². The van der Waals surface area contributed by atoms with Gasteiger partial charge in [-0.2, -0.15) is 0 Å². The molecule has 1 aromatic rings. The molecule has 0 fully saturated rings. The van der Waals surface area contributed by atoms with Crippen molar-refractivity contribution in [2.75, 3.05) is 11.9 Å². The summed E-state index contributed by atoms with van der Waals surface area (Å²) in [5.41, 5.74) is 0.667. The first-order chi connectivity index (χ1) is 7.15. The van der Waals surface area contributed by atoms with Crippen molar-refractivity contribution in [1.82, 2.24) is 4.98 Å². The fraction of sp³-hybridized carbons (Fsp3) is 0.400. The zero-order chi connectivity index (χ0) is 11.3. The second kappa shape index (κ2) is 5.31. The lowest BCUT2D eigenvalue weighted by molar-refractivity contribution is 0.0697. The quantitative estimate of drug-likeness (QED) is 0.674. The predicted octanol–water partition coefficient (Wildman–Crippen LogP) is 0.963. The molecule has 0 aliphatic carbocycles. The van der Waals surface area contributed by atoms with E-state index in [0.29, 0.717) is 12.1 Å². The van der Waals surface area contributed by atoms with Crippen LogP contribution in [-0.4, -0.2) is 33.8 Å². The molecule has 0 saturated heterocycles. The second-order valence-corrected chi connectivity index (χ2v) is 3.28. The van der Waals surface area contributed by atoms with E-state index in [1.165, 1.54) is 12.4 Å². The van der Waals surface area contributed by atoms with Crippen LogP contribution in [0.15, 0.2) is 18.5 Å². The molecule has 0 aromatic carbocycles. The normalized spacial score (nSPS) is 12.1. The molecule has 5 nitrogen and oxygen atoms in total. The zero-order valence-corrected chi connectivity index (χ0v) is 8.47. The molecule has 5 heteroatoms. The molecule has 0 amide bonds. The number of pyridine rings is 1. The summed E-state index contributed by atoms with van der Waals surface area (Å²) in [4.78, 5) is 14.6. The van der Waals surface area contributed by atoms with Crippen molar-refractivity contribution < 1.29 is 15.0 Å². The summed E-state index contributed by atoms with van der Waals surface area (Å²) in [5.74, 6) is -1.01. The van der Waals surface area contributed by atoms with Gasteiger partial charge in [-0.25, -0.2) is 4.79 Å². The lowest BCUT2D eigenvalue weighted by Crippen LogP contribution is -2.18. The van der Waals surface area contributed by atoms with Crippen LogP contribution in [0, 0.1) is 0 Å². The minimum absolute atomic E-state index is 0.0236. The molecule has 3 N–H and O–H groups in total. The Morgan fingerprint density at radius 2 is 2.40 bits per heavy atom. The summed E-state index contributed by atoms with van der Waals surface area (Å²) in [6.45, 7) is 1.95. The Morgan fingerprint density at radius 3 is 3.00 bits per heavy atom. The SMILES string of the molecule is CC(CCO)Nc1ccncc1C(=O)O. The molecule has 1 aromatic heterocycles. The average Bonchev–Trinajstić information content (AvgIpc) is 2.18. The number of carbonyl (C=O) groups is 1. The Hall–Kier alpha value is -1.62. The molecule has 1 unspecified atom stereocenters. The fourth-order valence-electron chi connectivity index (χ4n) is 1.22. The Labute approximate surface area is 87.8 Å². The molecular formula is C10H14N2O3. The maximum absolute atomic E-state index is 10.8. The monoisotopic (exact) mass is 210 g/mol. The third kappa shape index (κ3) is 3.21. The van der Waals surface area contributed by atoms with Crippen LogP contribution in [0.3, 0.4) is 0 Å². The Kier molecular flexibility index (Phi) is 4.05. The summed E-state index contributed by atoms with van der Waals surface area (Å²) in [5, 5.41) is 20.6. The number of nitrogens with zero attached hydrogens (tertiary/aromatic N) is 1. The van der Waals surface area contributed by atoms with E-state index in [-0.39, 0.29) is 18.2 Å². The van der Waals surface area contributed by atoms with E-state index >= 15 is 0 Å². The first-order valence-electron chi connectivity index (χ1n) is 4.70. The number of aromatic nitrogens is 1. The van der Waals surface area contributed by atoms with E-state index in [0.717, 1.165) is 0 Å². The first-order valence-corrected chi connectivity index (χ1v) is 4.70. The van der Waals surface area contributed by atoms with Gasteiger partial charge in [-0.15, -0.1) is 0 Å². The molecule has 82 valence electrons. The molecule has 0 bridgehead atoms. The van der Waals surface area contributed by atoms with E-state index in [9.17, 15) is 4.79 Å². The number of rotatable bonds is 5. The molecule has 1 heterocycles. The summed E-state index contributed by atoms with van der Waals surface area (Å²) in [7, 11) is 0. The smallest absolute Gasteiger partial charge is 0.339 e. The molecule has 0 aliphatic rings. The van der Waals surface area contributed by atoms with Gasteiger partial charge in [0.25, 0.3) is 0 Å². The maximum atomic E-state index is 10.8. The molecule has 1 rings (SSSR count). The highest BCUT2D eigenvalue weighted by atomic mass is 16.4. The molecule has 1 atom stereocenters. The van der Waals surface area contributed by atoms with Crippen LogP contribution in [0.1, 0.15) is 23.7 Å². The first kappa shape index (κ1) is 11.5. The number of carboxylic acid groups (broad SMARTS) is 1. The van der Waals surface area contributed by atoms with Gasteiger partial charge >= 0.3 is 5.97 Å². The predicted molar refractivity (Wildman–Crippen MR) is 56.0 cm³/mol. The molecular weight excluding hydrogens is 196 g/mol. The standard InChI is InChI=1S/C10H14N2O3/c1-7(3-5-13)12-9-2-4-11-6-8(9)10(14)15/h2,4,6-7,13H,3,5H2,1H3,(H,11,12)(H,14,15). The topological polar surface area (TPSA) is 82.5 Å². The maximum Gasteiger partial charge on any atom is 0.339 e. The van der Waals surface area contributed by atoms with Gasteiger partial charge in [0.15, 0.2) is 0 Å². The number of hydrogen-bond acceptors (Lipinski definition) is 4. The van der Waals surface area contributed by atoms with Gasteiger partial charge in [-0.3, -0.25) is 4.98 Å². The van der Waals surface area contributed by atoms with Crippen LogP contribution >= 0.6 is 0 Å². The van der Waals surface area contributed by atoms with Gasteiger partial charge in [-0.1, -0.05) is 0 Å². The minimum atomic E-state index is -1.01. The van der Waals surface area contributed by atoms with Crippen LogP contribution in [-0.2, 0) is 0 Å². The number of hydrogen-bond donors (Lipinski definition) is 3. The Balaban J connectivity index is 2.79.